The van der Waals surface area contributed by atoms with Crippen molar-refractivity contribution in [1.29, 1.82) is 0 Å². The molecule has 3 rings (SSSR count). The molecule has 23 heavy (non-hydrogen) atoms. The van der Waals surface area contributed by atoms with Crippen LogP contribution in [0.1, 0.15) is 35.2 Å². The van der Waals surface area contributed by atoms with Crippen LogP contribution in [0.15, 0.2) is 53.4 Å². The smallest absolute Gasteiger partial charge is 0.241 e. The van der Waals surface area contributed by atoms with Crippen LogP contribution in [0.4, 0.5) is 0 Å². The Morgan fingerprint density at radius 3 is 2.65 bits per heavy atom. The van der Waals surface area contributed by atoms with Crippen LogP contribution in [0.25, 0.3) is 0 Å². The highest BCUT2D eigenvalue weighted by Crippen LogP contribution is 2.36. The van der Waals surface area contributed by atoms with Gasteiger partial charge in [-0.25, -0.2) is 0 Å². The standard InChI is InChI=1S/C18H20N2OS.ClH/c1-12-6-8-13(9-7-12)17(19)18(21)20-15-10-11-22-16-5-3-2-4-14(15)16;/h2-9,15,17H,10-11,19H2,1H3,(H,20,21);1H. The van der Waals surface area contributed by atoms with Gasteiger partial charge in [0.15, 0.2) is 0 Å². The predicted molar refractivity (Wildman–Crippen MR) is 98.0 cm³/mol. The van der Waals surface area contributed by atoms with E-state index in [1.165, 1.54) is 10.5 Å². The molecular weight excluding hydrogens is 328 g/mol. The lowest BCUT2D eigenvalue weighted by Crippen LogP contribution is -2.37. The largest absolute Gasteiger partial charge is 0.348 e. The Labute approximate surface area is 147 Å². The quantitative estimate of drug-likeness (QED) is 0.887. The molecule has 0 fully saturated rings. The number of benzene rings is 2. The first-order valence-electron chi connectivity index (χ1n) is 7.49. The van der Waals surface area contributed by atoms with Gasteiger partial charge in [-0.3, -0.25) is 4.79 Å². The predicted octanol–water partition coefficient (Wildman–Crippen LogP) is 3.77. The third kappa shape index (κ3) is 4.08. The summed E-state index contributed by atoms with van der Waals surface area (Å²) in [4.78, 5) is 13.7. The number of fused-ring (bicyclic) bond motifs is 1. The summed E-state index contributed by atoms with van der Waals surface area (Å²) in [6, 6.07) is 15.5. The molecule has 2 atom stereocenters. The van der Waals surface area contributed by atoms with E-state index in [4.69, 9.17) is 5.73 Å². The second kappa shape index (κ2) is 7.86. The Balaban J connectivity index is 0.00000192. The van der Waals surface area contributed by atoms with Crippen LogP contribution in [0.2, 0.25) is 0 Å². The lowest BCUT2D eigenvalue weighted by molar-refractivity contribution is -0.123. The van der Waals surface area contributed by atoms with Crippen LogP contribution < -0.4 is 11.1 Å². The molecule has 0 aromatic heterocycles. The second-order valence-corrected chi connectivity index (χ2v) is 6.76. The van der Waals surface area contributed by atoms with Crippen LogP contribution in [0.3, 0.4) is 0 Å². The average molecular weight is 349 g/mol. The van der Waals surface area contributed by atoms with Crippen LogP contribution in [-0.2, 0) is 4.79 Å². The third-order valence-electron chi connectivity index (χ3n) is 3.99. The van der Waals surface area contributed by atoms with Crippen molar-refractivity contribution >= 4 is 30.1 Å². The number of halogens is 1. The number of nitrogens with two attached hydrogens (primary N) is 1. The summed E-state index contributed by atoms with van der Waals surface area (Å²) < 4.78 is 0. The van der Waals surface area contributed by atoms with E-state index in [1.54, 1.807) is 0 Å². The van der Waals surface area contributed by atoms with Gasteiger partial charge in [-0.05, 0) is 30.5 Å². The molecule has 1 heterocycles. The molecule has 1 amide bonds. The summed E-state index contributed by atoms with van der Waals surface area (Å²) in [5.41, 5.74) is 9.32. The highest BCUT2D eigenvalue weighted by molar-refractivity contribution is 7.99. The van der Waals surface area contributed by atoms with Gasteiger partial charge in [0.1, 0.15) is 6.04 Å². The van der Waals surface area contributed by atoms with E-state index < -0.39 is 6.04 Å². The molecule has 0 spiro atoms. The molecule has 1 aliphatic heterocycles. The summed E-state index contributed by atoms with van der Waals surface area (Å²) in [7, 11) is 0. The Hall–Kier alpha value is -1.49. The van der Waals surface area contributed by atoms with Crippen LogP contribution >= 0.6 is 24.2 Å². The van der Waals surface area contributed by atoms with Crippen molar-refractivity contribution in [2.45, 2.75) is 30.3 Å². The van der Waals surface area contributed by atoms with Gasteiger partial charge in [-0.2, -0.15) is 0 Å². The van der Waals surface area contributed by atoms with Gasteiger partial charge < -0.3 is 11.1 Å². The fraction of sp³-hybridized carbons (Fsp3) is 0.278. The molecule has 2 aromatic rings. The Bertz CT molecular complexity index is 675. The lowest BCUT2D eigenvalue weighted by Gasteiger charge is -2.27. The molecule has 122 valence electrons. The molecule has 0 saturated heterocycles. The Morgan fingerprint density at radius 2 is 1.91 bits per heavy atom. The zero-order chi connectivity index (χ0) is 15.5. The molecule has 1 aliphatic rings. The van der Waals surface area contributed by atoms with Crippen molar-refractivity contribution in [3.05, 3.63) is 65.2 Å². The number of carbonyl (C=O) groups is 1. The Kier molecular flexibility index (Phi) is 6.10. The SMILES string of the molecule is Cc1ccc(C(N)C(=O)NC2CCSc3ccccc32)cc1.Cl. The molecule has 3 nitrogen and oxygen atoms in total. The number of aryl methyl sites for hydroxylation is 1. The molecule has 5 heteroatoms. The fourth-order valence-corrected chi connectivity index (χ4v) is 3.80. The highest BCUT2D eigenvalue weighted by Gasteiger charge is 2.24. The average Bonchev–Trinajstić information content (AvgIpc) is 2.55. The molecule has 0 saturated carbocycles. The first-order valence-corrected chi connectivity index (χ1v) is 8.48. The summed E-state index contributed by atoms with van der Waals surface area (Å²) >= 11 is 1.84. The van der Waals surface area contributed by atoms with Crippen LogP contribution in [0, 0.1) is 6.92 Å². The van der Waals surface area contributed by atoms with E-state index in [1.807, 2.05) is 55.1 Å². The first kappa shape index (κ1) is 17.9. The van der Waals surface area contributed by atoms with Crippen molar-refractivity contribution < 1.29 is 4.79 Å². The minimum atomic E-state index is -0.623. The molecule has 0 aliphatic carbocycles. The van der Waals surface area contributed by atoms with Crippen LogP contribution in [0.5, 0.6) is 0 Å². The molecule has 2 unspecified atom stereocenters. The number of hydrogen-bond donors (Lipinski definition) is 2. The van der Waals surface area contributed by atoms with E-state index >= 15 is 0 Å². The topological polar surface area (TPSA) is 55.1 Å². The second-order valence-electron chi connectivity index (χ2n) is 5.62. The zero-order valence-electron chi connectivity index (χ0n) is 13.0. The van der Waals surface area contributed by atoms with E-state index in [0.29, 0.717) is 0 Å². The number of amides is 1. The summed E-state index contributed by atoms with van der Waals surface area (Å²) in [5.74, 6) is 0.900. The maximum absolute atomic E-state index is 12.5. The van der Waals surface area contributed by atoms with Crippen molar-refractivity contribution in [3.63, 3.8) is 0 Å². The first-order chi connectivity index (χ1) is 10.6. The molecular formula is C18H21ClN2OS. The van der Waals surface area contributed by atoms with Gasteiger partial charge in [0.25, 0.3) is 0 Å². The monoisotopic (exact) mass is 348 g/mol. The van der Waals surface area contributed by atoms with Gasteiger partial charge in [-0.1, -0.05) is 48.0 Å². The van der Waals surface area contributed by atoms with Crippen molar-refractivity contribution in [2.24, 2.45) is 5.73 Å². The number of hydrogen-bond acceptors (Lipinski definition) is 3. The molecule has 3 N–H and O–H groups in total. The zero-order valence-corrected chi connectivity index (χ0v) is 14.6. The number of thioether (sulfide) groups is 1. The van der Waals surface area contributed by atoms with E-state index in [2.05, 4.69) is 17.4 Å². The van der Waals surface area contributed by atoms with Crippen molar-refractivity contribution in [3.8, 4) is 0 Å². The molecule has 0 bridgehead atoms. The van der Waals surface area contributed by atoms with Gasteiger partial charge >= 0.3 is 0 Å². The molecule has 0 radical (unpaired) electrons. The third-order valence-corrected chi connectivity index (χ3v) is 5.12. The highest BCUT2D eigenvalue weighted by atomic mass is 35.5. The van der Waals surface area contributed by atoms with Gasteiger partial charge in [0, 0.05) is 10.6 Å². The maximum atomic E-state index is 12.5. The number of carbonyl (C=O) groups excluding carboxylic acids is 1. The van der Waals surface area contributed by atoms with E-state index in [0.717, 1.165) is 23.3 Å². The van der Waals surface area contributed by atoms with Crippen molar-refractivity contribution in [2.75, 3.05) is 5.75 Å². The van der Waals surface area contributed by atoms with Gasteiger partial charge in [0.2, 0.25) is 5.91 Å². The normalized spacial score (nSPS) is 17.6. The van der Waals surface area contributed by atoms with Crippen LogP contribution in [-0.4, -0.2) is 11.7 Å². The minimum Gasteiger partial charge on any atom is -0.348 e. The minimum absolute atomic E-state index is 0. The van der Waals surface area contributed by atoms with Crippen molar-refractivity contribution in [1.82, 2.24) is 5.32 Å². The molecule has 2 aromatic carbocycles. The number of rotatable bonds is 3. The lowest BCUT2D eigenvalue weighted by atomic mass is 10.0. The van der Waals surface area contributed by atoms with E-state index in [9.17, 15) is 4.79 Å². The number of nitrogens with one attached hydrogen (secondary N) is 1. The van der Waals surface area contributed by atoms with Gasteiger partial charge in [-0.15, -0.1) is 24.2 Å². The Morgan fingerprint density at radius 1 is 1.22 bits per heavy atom. The maximum Gasteiger partial charge on any atom is 0.241 e. The summed E-state index contributed by atoms with van der Waals surface area (Å²) in [6.07, 6.45) is 0.939. The van der Waals surface area contributed by atoms with E-state index in [-0.39, 0.29) is 24.4 Å². The fourth-order valence-electron chi connectivity index (χ4n) is 2.68. The van der Waals surface area contributed by atoms with Gasteiger partial charge in [0.05, 0.1) is 6.04 Å². The summed E-state index contributed by atoms with van der Waals surface area (Å²) in [6.45, 7) is 2.02. The summed E-state index contributed by atoms with van der Waals surface area (Å²) in [5, 5.41) is 3.11.